The van der Waals surface area contributed by atoms with Crippen LogP contribution >= 0.6 is 0 Å². The zero-order valence-electron chi connectivity index (χ0n) is 15.9. The lowest BCUT2D eigenvalue weighted by molar-refractivity contribution is 0.101. The van der Waals surface area contributed by atoms with Crippen LogP contribution in [0.15, 0.2) is 84.1 Å². The van der Waals surface area contributed by atoms with E-state index in [-0.39, 0.29) is 24.0 Å². The number of ether oxygens (including phenoxy) is 3. The van der Waals surface area contributed by atoms with Crippen molar-refractivity contribution < 1.29 is 23.4 Å². The van der Waals surface area contributed by atoms with Gasteiger partial charge in [0.05, 0.1) is 5.56 Å². The van der Waals surface area contributed by atoms with E-state index in [2.05, 4.69) is 0 Å². The van der Waals surface area contributed by atoms with Crippen LogP contribution in [0.4, 0.5) is 4.39 Å². The van der Waals surface area contributed by atoms with Gasteiger partial charge in [0.1, 0.15) is 36.3 Å². The second kappa shape index (κ2) is 7.52. The van der Waals surface area contributed by atoms with E-state index in [0.717, 1.165) is 16.9 Å². The van der Waals surface area contributed by atoms with Crippen LogP contribution in [-0.2, 0) is 6.61 Å². The lowest BCUT2D eigenvalue weighted by Gasteiger charge is -2.15. The van der Waals surface area contributed by atoms with Crippen molar-refractivity contribution in [2.75, 3.05) is 6.61 Å². The van der Waals surface area contributed by atoms with Crippen LogP contribution in [0.1, 0.15) is 21.5 Å². The van der Waals surface area contributed by atoms with Crippen molar-refractivity contribution in [1.82, 2.24) is 0 Å². The first-order chi connectivity index (χ1) is 14.7. The Bertz CT molecular complexity index is 1210. The number of hydrogen-bond acceptors (Lipinski definition) is 4. The van der Waals surface area contributed by atoms with E-state index < -0.39 is 0 Å². The molecule has 30 heavy (non-hydrogen) atoms. The Kier molecular flexibility index (Phi) is 4.56. The van der Waals surface area contributed by atoms with Crippen molar-refractivity contribution in [2.45, 2.75) is 6.61 Å². The van der Waals surface area contributed by atoms with Crippen molar-refractivity contribution in [3.05, 3.63) is 107 Å². The highest BCUT2D eigenvalue weighted by Gasteiger charge is 2.28. The molecule has 0 N–H and O–H groups in total. The number of benzene rings is 3. The summed E-state index contributed by atoms with van der Waals surface area (Å²) in [6.45, 7) is 0.455. The minimum absolute atomic E-state index is 0.0890. The van der Waals surface area contributed by atoms with E-state index >= 15 is 0 Å². The molecule has 0 amide bonds. The molecule has 2 heterocycles. The molecule has 4 nitrogen and oxygen atoms in total. The molecule has 0 saturated carbocycles. The van der Waals surface area contributed by atoms with Gasteiger partial charge in [0.25, 0.3) is 0 Å². The Balaban J connectivity index is 1.34. The number of para-hydroxylation sites is 1. The van der Waals surface area contributed by atoms with Gasteiger partial charge in [-0.3, -0.25) is 4.79 Å². The van der Waals surface area contributed by atoms with Crippen LogP contribution in [0.5, 0.6) is 17.2 Å². The van der Waals surface area contributed by atoms with Crippen LogP contribution in [0.2, 0.25) is 0 Å². The molecule has 0 radical (unpaired) electrons. The molecule has 3 aromatic rings. The second-order valence-electron chi connectivity index (χ2n) is 7.02. The molecule has 148 valence electrons. The number of hydrogen-bond donors (Lipinski definition) is 0. The van der Waals surface area contributed by atoms with Gasteiger partial charge >= 0.3 is 0 Å². The average molecular weight is 400 g/mol. The highest BCUT2D eigenvalue weighted by molar-refractivity contribution is 6.12. The monoisotopic (exact) mass is 400 g/mol. The number of ketones is 1. The van der Waals surface area contributed by atoms with Gasteiger partial charge in [-0.1, -0.05) is 36.4 Å². The highest BCUT2D eigenvalue weighted by atomic mass is 19.1. The molecule has 0 atom stereocenters. The first kappa shape index (κ1) is 18.2. The maximum atomic E-state index is 13.8. The van der Waals surface area contributed by atoms with E-state index in [1.165, 1.54) is 6.07 Å². The zero-order valence-corrected chi connectivity index (χ0v) is 15.9. The van der Waals surface area contributed by atoms with Crippen molar-refractivity contribution in [1.29, 1.82) is 0 Å². The summed E-state index contributed by atoms with van der Waals surface area (Å²) >= 11 is 0. The van der Waals surface area contributed by atoms with E-state index in [0.29, 0.717) is 29.2 Å². The van der Waals surface area contributed by atoms with Crippen LogP contribution in [0.3, 0.4) is 0 Å². The van der Waals surface area contributed by atoms with E-state index in [4.69, 9.17) is 14.2 Å². The molecule has 0 bridgehead atoms. The fourth-order valence-electron chi connectivity index (χ4n) is 3.42. The fraction of sp³-hybridized carbons (Fsp3) is 0.0800. The van der Waals surface area contributed by atoms with Gasteiger partial charge in [-0.15, -0.1) is 0 Å². The maximum Gasteiger partial charge on any atom is 0.231 e. The molecule has 3 aromatic carbocycles. The van der Waals surface area contributed by atoms with E-state index in [1.807, 2.05) is 30.3 Å². The van der Waals surface area contributed by atoms with E-state index in [1.54, 1.807) is 42.5 Å². The molecule has 0 saturated heterocycles. The van der Waals surface area contributed by atoms with Gasteiger partial charge in [-0.05, 0) is 42.0 Å². The summed E-state index contributed by atoms with van der Waals surface area (Å²) in [5, 5.41) is 0. The van der Waals surface area contributed by atoms with Gasteiger partial charge in [-0.2, -0.15) is 0 Å². The molecule has 0 fully saturated rings. The molecule has 5 rings (SSSR count). The van der Waals surface area contributed by atoms with Crippen LogP contribution < -0.4 is 14.2 Å². The van der Waals surface area contributed by atoms with Crippen molar-refractivity contribution in [3.63, 3.8) is 0 Å². The molecule has 0 aliphatic carbocycles. The Hall–Kier alpha value is -3.86. The second-order valence-corrected chi connectivity index (χ2v) is 7.02. The Morgan fingerprint density at radius 3 is 2.73 bits per heavy atom. The summed E-state index contributed by atoms with van der Waals surface area (Å²) in [5.74, 6) is 1.48. The quantitative estimate of drug-likeness (QED) is 0.555. The van der Waals surface area contributed by atoms with Crippen LogP contribution in [0, 0.1) is 5.82 Å². The standard InChI is InChI=1S/C25H17FO4/c26-21-7-3-1-6-18(21)15-28-19-9-10-20-23(13-19)30-24(25(20)27)12-16-11-17-5-2-4-8-22(17)29-14-16/h1-13H,14-15H2. The molecule has 0 spiro atoms. The summed E-state index contributed by atoms with van der Waals surface area (Å²) < 4.78 is 31.0. The number of allylic oxidation sites excluding steroid dienone is 1. The minimum atomic E-state index is -0.320. The Morgan fingerprint density at radius 1 is 1.00 bits per heavy atom. The number of halogens is 1. The van der Waals surface area contributed by atoms with E-state index in [9.17, 15) is 9.18 Å². The largest absolute Gasteiger partial charge is 0.489 e. The first-order valence-corrected chi connectivity index (χ1v) is 9.54. The summed E-state index contributed by atoms with van der Waals surface area (Å²) in [5.41, 5.74) is 2.74. The highest BCUT2D eigenvalue weighted by Crippen LogP contribution is 2.35. The van der Waals surface area contributed by atoms with Gasteiger partial charge in [-0.25, -0.2) is 4.39 Å². The lowest BCUT2D eigenvalue weighted by Crippen LogP contribution is -2.08. The maximum absolute atomic E-state index is 13.8. The fourth-order valence-corrected chi connectivity index (χ4v) is 3.42. The van der Waals surface area contributed by atoms with Gasteiger partial charge in [0, 0.05) is 17.2 Å². The minimum Gasteiger partial charge on any atom is -0.489 e. The number of rotatable bonds is 4. The third-order valence-electron chi connectivity index (χ3n) is 4.96. The molecular weight excluding hydrogens is 383 g/mol. The Labute approximate surface area is 172 Å². The van der Waals surface area contributed by atoms with Crippen LogP contribution in [0.25, 0.3) is 6.08 Å². The smallest absolute Gasteiger partial charge is 0.231 e. The van der Waals surface area contributed by atoms with Gasteiger partial charge < -0.3 is 14.2 Å². The third kappa shape index (κ3) is 3.46. The predicted octanol–water partition coefficient (Wildman–Crippen LogP) is 5.34. The molecule has 2 aliphatic rings. The SMILES string of the molecule is O=C1C(=CC2=Cc3ccccc3OC2)Oc2cc(OCc3ccccc3F)ccc21. The van der Waals surface area contributed by atoms with Crippen LogP contribution in [-0.4, -0.2) is 12.4 Å². The lowest BCUT2D eigenvalue weighted by atomic mass is 10.1. The number of carbonyl (C=O) groups is 1. The predicted molar refractivity (Wildman–Crippen MR) is 110 cm³/mol. The summed E-state index contributed by atoms with van der Waals surface area (Å²) in [4.78, 5) is 12.7. The van der Waals surface area contributed by atoms with Crippen molar-refractivity contribution in [3.8, 4) is 17.2 Å². The third-order valence-corrected chi connectivity index (χ3v) is 4.96. The molecular formula is C25H17FO4. The normalized spacial score (nSPS) is 15.7. The Morgan fingerprint density at radius 2 is 1.83 bits per heavy atom. The molecule has 0 unspecified atom stereocenters. The first-order valence-electron chi connectivity index (χ1n) is 9.54. The van der Waals surface area contributed by atoms with Crippen molar-refractivity contribution in [2.24, 2.45) is 0 Å². The molecule has 2 aliphatic heterocycles. The molecule has 0 aromatic heterocycles. The molecule has 5 heteroatoms. The number of fused-ring (bicyclic) bond motifs is 2. The summed E-state index contributed by atoms with van der Waals surface area (Å²) in [6, 6.07) is 19.2. The number of Topliss-reactive ketones (excluding diaryl/α,β-unsaturated/α-hetero) is 1. The summed E-state index contributed by atoms with van der Waals surface area (Å²) in [6.07, 6.45) is 3.69. The summed E-state index contributed by atoms with van der Waals surface area (Å²) in [7, 11) is 0. The topological polar surface area (TPSA) is 44.8 Å². The number of carbonyl (C=O) groups excluding carboxylic acids is 1. The van der Waals surface area contributed by atoms with Crippen molar-refractivity contribution >= 4 is 11.9 Å². The van der Waals surface area contributed by atoms with Gasteiger partial charge in [0.15, 0.2) is 5.76 Å². The van der Waals surface area contributed by atoms with Gasteiger partial charge in [0.2, 0.25) is 5.78 Å². The zero-order chi connectivity index (χ0) is 20.5. The average Bonchev–Trinajstić information content (AvgIpc) is 3.07.